The van der Waals surface area contributed by atoms with Gasteiger partial charge in [-0.3, -0.25) is 0 Å². The Morgan fingerprint density at radius 3 is 2.62 bits per heavy atom. The molecule has 0 aliphatic carbocycles. The van der Waals surface area contributed by atoms with Crippen LogP contribution in [0.5, 0.6) is 0 Å². The van der Waals surface area contributed by atoms with Crippen LogP contribution in [0.1, 0.15) is 35.9 Å². The minimum Gasteiger partial charge on any atom is -0.421 e. The lowest BCUT2D eigenvalue weighted by atomic mass is 9.91. The van der Waals surface area contributed by atoms with E-state index in [0.29, 0.717) is 24.2 Å². The fraction of sp³-hybridized carbons (Fsp3) is 0.125. The maximum Gasteiger partial charge on any atom is 0.248 e. The molecule has 6 rings (SSSR count). The third-order valence-corrected chi connectivity index (χ3v) is 5.73. The minimum absolute atomic E-state index is 0.308. The molecule has 1 aliphatic heterocycles. The summed E-state index contributed by atoms with van der Waals surface area (Å²) in [7, 11) is 0. The number of tetrazole rings is 1. The highest BCUT2D eigenvalue weighted by molar-refractivity contribution is 5.89. The standard InChI is InChI=1S/C24H19N7O/c1-15-21(23-27-26-20(32-23)14-16-8-3-2-4-9-16)22(31-24(25-15)28-29-30-31)19-13-7-11-17-10-5-6-12-18(17)19/h2-13,22H,14H2,1H3,(H,25,28,30). The molecule has 5 aromatic rings. The van der Waals surface area contributed by atoms with Gasteiger partial charge in [0.25, 0.3) is 0 Å². The Bertz CT molecular complexity index is 1450. The zero-order valence-electron chi connectivity index (χ0n) is 17.3. The van der Waals surface area contributed by atoms with Gasteiger partial charge in [-0.1, -0.05) is 77.9 Å². The zero-order valence-corrected chi connectivity index (χ0v) is 17.3. The fourth-order valence-corrected chi connectivity index (χ4v) is 4.27. The van der Waals surface area contributed by atoms with Gasteiger partial charge in [0.1, 0.15) is 6.04 Å². The first-order chi connectivity index (χ1) is 15.8. The second kappa shape index (κ2) is 7.42. The van der Waals surface area contributed by atoms with Crippen molar-refractivity contribution in [1.82, 2.24) is 30.4 Å². The number of rotatable bonds is 4. The predicted octanol–water partition coefficient (Wildman–Crippen LogP) is 4.25. The van der Waals surface area contributed by atoms with Gasteiger partial charge in [-0.05, 0) is 39.2 Å². The molecule has 0 saturated heterocycles. The van der Waals surface area contributed by atoms with E-state index in [2.05, 4.69) is 55.3 Å². The van der Waals surface area contributed by atoms with E-state index in [-0.39, 0.29) is 6.04 Å². The highest BCUT2D eigenvalue weighted by Gasteiger charge is 2.34. The Balaban J connectivity index is 1.49. The van der Waals surface area contributed by atoms with Crippen molar-refractivity contribution in [2.45, 2.75) is 19.4 Å². The van der Waals surface area contributed by atoms with Gasteiger partial charge < -0.3 is 9.73 Å². The quantitative estimate of drug-likeness (QED) is 0.464. The van der Waals surface area contributed by atoms with E-state index >= 15 is 0 Å². The number of allylic oxidation sites excluding steroid dienone is 2. The average Bonchev–Trinajstić information content (AvgIpc) is 3.48. The number of anilines is 1. The van der Waals surface area contributed by atoms with Crippen LogP contribution in [0.25, 0.3) is 16.3 Å². The average molecular weight is 421 g/mol. The first-order valence-corrected chi connectivity index (χ1v) is 10.4. The molecule has 3 heterocycles. The maximum absolute atomic E-state index is 6.15. The number of aromatic nitrogens is 6. The number of hydrogen-bond acceptors (Lipinski definition) is 7. The molecular formula is C24H19N7O. The topological polar surface area (TPSA) is 94.5 Å². The summed E-state index contributed by atoms with van der Waals surface area (Å²) in [6, 6.07) is 24.3. The summed E-state index contributed by atoms with van der Waals surface area (Å²) < 4.78 is 7.92. The zero-order chi connectivity index (χ0) is 21.5. The van der Waals surface area contributed by atoms with Crippen molar-refractivity contribution in [2.24, 2.45) is 0 Å². The van der Waals surface area contributed by atoms with Gasteiger partial charge in [0.15, 0.2) is 0 Å². The van der Waals surface area contributed by atoms with Crippen LogP contribution in [0.3, 0.4) is 0 Å². The lowest BCUT2D eigenvalue weighted by Crippen LogP contribution is -2.24. The molecule has 2 aromatic heterocycles. The van der Waals surface area contributed by atoms with Crippen LogP contribution >= 0.6 is 0 Å². The number of hydrogen-bond donors (Lipinski definition) is 1. The lowest BCUT2D eigenvalue weighted by molar-refractivity contribution is 0.480. The van der Waals surface area contributed by atoms with Gasteiger partial charge in [0, 0.05) is 5.70 Å². The highest BCUT2D eigenvalue weighted by atomic mass is 16.4. The number of nitrogens with one attached hydrogen (secondary N) is 1. The summed E-state index contributed by atoms with van der Waals surface area (Å²) in [4.78, 5) is 0. The summed E-state index contributed by atoms with van der Waals surface area (Å²) in [6.07, 6.45) is 0.572. The molecular weight excluding hydrogens is 402 g/mol. The van der Waals surface area contributed by atoms with Crippen LogP contribution in [0.15, 0.2) is 82.9 Å². The minimum atomic E-state index is -0.308. The molecule has 0 spiro atoms. The molecule has 1 aliphatic rings. The molecule has 1 N–H and O–H groups in total. The molecule has 0 amide bonds. The summed E-state index contributed by atoms with van der Waals surface area (Å²) >= 11 is 0. The van der Waals surface area contributed by atoms with E-state index in [1.807, 2.05) is 55.5 Å². The highest BCUT2D eigenvalue weighted by Crippen LogP contribution is 2.41. The third kappa shape index (κ3) is 3.04. The molecule has 32 heavy (non-hydrogen) atoms. The van der Waals surface area contributed by atoms with Gasteiger partial charge in [-0.15, -0.1) is 10.2 Å². The van der Waals surface area contributed by atoms with Crippen LogP contribution < -0.4 is 5.32 Å². The summed E-state index contributed by atoms with van der Waals surface area (Å²) in [5.74, 6) is 1.60. The summed E-state index contributed by atoms with van der Waals surface area (Å²) in [5.41, 5.74) is 3.91. The molecule has 3 aromatic carbocycles. The summed E-state index contributed by atoms with van der Waals surface area (Å²) in [6.45, 7) is 1.98. The van der Waals surface area contributed by atoms with Crippen molar-refractivity contribution in [3.63, 3.8) is 0 Å². The van der Waals surface area contributed by atoms with E-state index in [0.717, 1.165) is 33.2 Å². The number of benzene rings is 3. The molecule has 156 valence electrons. The van der Waals surface area contributed by atoms with Crippen LogP contribution in [-0.2, 0) is 6.42 Å². The molecule has 0 radical (unpaired) electrons. The smallest absolute Gasteiger partial charge is 0.248 e. The Kier molecular flexibility index (Phi) is 4.28. The number of nitrogens with zero attached hydrogens (tertiary/aromatic N) is 6. The second-order valence-electron chi connectivity index (χ2n) is 7.74. The molecule has 0 saturated carbocycles. The van der Waals surface area contributed by atoms with Crippen molar-refractivity contribution >= 4 is 22.3 Å². The van der Waals surface area contributed by atoms with E-state index < -0.39 is 0 Å². The van der Waals surface area contributed by atoms with Crippen LogP contribution in [0.4, 0.5) is 5.95 Å². The second-order valence-corrected chi connectivity index (χ2v) is 7.74. The van der Waals surface area contributed by atoms with Crippen molar-refractivity contribution < 1.29 is 4.42 Å². The molecule has 0 bridgehead atoms. The molecule has 1 unspecified atom stereocenters. The Morgan fingerprint density at radius 1 is 0.906 bits per heavy atom. The molecule has 0 fully saturated rings. The van der Waals surface area contributed by atoms with Crippen LogP contribution in [0, 0.1) is 0 Å². The fourth-order valence-electron chi connectivity index (χ4n) is 4.27. The van der Waals surface area contributed by atoms with E-state index in [9.17, 15) is 0 Å². The number of fused-ring (bicyclic) bond motifs is 2. The van der Waals surface area contributed by atoms with Crippen molar-refractivity contribution in [3.05, 3.63) is 101 Å². The summed E-state index contributed by atoms with van der Waals surface area (Å²) in [5, 5.41) is 26.6. The lowest BCUT2D eigenvalue weighted by Gasteiger charge is -2.27. The first-order valence-electron chi connectivity index (χ1n) is 10.4. The SMILES string of the molecule is CC1=C(c2nnc(Cc3ccccc3)o2)C(c2cccc3ccccc23)n2nnnc2N1. The van der Waals surface area contributed by atoms with Crippen molar-refractivity contribution in [3.8, 4) is 0 Å². The van der Waals surface area contributed by atoms with Crippen molar-refractivity contribution in [2.75, 3.05) is 5.32 Å². The van der Waals surface area contributed by atoms with E-state index in [1.54, 1.807) is 4.68 Å². The predicted molar refractivity (Wildman–Crippen MR) is 120 cm³/mol. The van der Waals surface area contributed by atoms with Crippen molar-refractivity contribution in [1.29, 1.82) is 0 Å². The normalized spacial score (nSPS) is 15.6. The van der Waals surface area contributed by atoms with Gasteiger partial charge in [0.05, 0.1) is 12.0 Å². The third-order valence-electron chi connectivity index (χ3n) is 5.73. The van der Waals surface area contributed by atoms with Gasteiger partial charge in [-0.25, -0.2) is 0 Å². The van der Waals surface area contributed by atoms with Crippen LogP contribution in [0.2, 0.25) is 0 Å². The first kappa shape index (κ1) is 18.4. The largest absolute Gasteiger partial charge is 0.421 e. The Hall–Kier alpha value is -4.33. The monoisotopic (exact) mass is 421 g/mol. The van der Waals surface area contributed by atoms with E-state index in [4.69, 9.17) is 4.42 Å². The van der Waals surface area contributed by atoms with E-state index in [1.165, 1.54) is 0 Å². The molecule has 8 heteroatoms. The van der Waals surface area contributed by atoms with Crippen LogP contribution in [-0.4, -0.2) is 30.4 Å². The maximum atomic E-state index is 6.15. The molecule has 1 atom stereocenters. The Morgan fingerprint density at radius 2 is 1.72 bits per heavy atom. The van der Waals surface area contributed by atoms with Gasteiger partial charge in [0.2, 0.25) is 17.7 Å². The van der Waals surface area contributed by atoms with Gasteiger partial charge in [-0.2, -0.15) is 4.68 Å². The Labute approximate surface area is 183 Å². The van der Waals surface area contributed by atoms with Gasteiger partial charge >= 0.3 is 0 Å². The molecule has 8 nitrogen and oxygen atoms in total.